The van der Waals surface area contributed by atoms with E-state index in [1.54, 1.807) is 13.0 Å². The van der Waals surface area contributed by atoms with E-state index >= 15 is 0 Å². The van der Waals surface area contributed by atoms with Crippen LogP contribution in [0.3, 0.4) is 0 Å². The topological polar surface area (TPSA) is 66.5 Å². The first-order valence-electron chi connectivity index (χ1n) is 10.4. The zero-order chi connectivity index (χ0) is 18.1. The Kier molecular flexibility index (Phi) is 15.9. The Morgan fingerprint density at radius 2 is 1.12 bits per heavy atom. The summed E-state index contributed by atoms with van der Waals surface area (Å²) in [5, 5.41) is 18.4. The molecule has 0 saturated carbocycles. The van der Waals surface area contributed by atoms with Gasteiger partial charge in [-0.15, -0.1) is 0 Å². The highest BCUT2D eigenvalue weighted by Gasteiger charge is 2.22. The van der Waals surface area contributed by atoms with E-state index in [0.717, 1.165) is 6.42 Å². The molecule has 3 nitrogen and oxygen atoms in total. The molecular formula is C21H43NO2. The minimum Gasteiger partial charge on any atom is -0.353 e. The van der Waals surface area contributed by atoms with Crippen LogP contribution in [0.25, 0.3) is 0 Å². The van der Waals surface area contributed by atoms with Gasteiger partial charge in [-0.3, -0.25) is 5.73 Å². The van der Waals surface area contributed by atoms with Crippen LogP contribution in [0.15, 0.2) is 12.2 Å². The molecular weight excluding hydrogens is 298 g/mol. The van der Waals surface area contributed by atoms with Crippen molar-refractivity contribution < 1.29 is 10.2 Å². The van der Waals surface area contributed by atoms with Crippen molar-refractivity contribution in [3.05, 3.63) is 12.2 Å². The van der Waals surface area contributed by atoms with E-state index in [-0.39, 0.29) is 0 Å². The lowest BCUT2D eigenvalue weighted by Crippen LogP contribution is -2.44. The zero-order valence-electron chi connectivity index (χ0n) is 16.3. The quantitative estimate of drug-likeness (QED) is 0.182. The van der Waals surface area contributed by atoms with Crippen LogP contribution in [0, 0.1) is 5.92 Å². The van der Waals surface area contributed by atoms with Gasteiger partial charge >= 0.3 is 0 Å². The van der Waals surface area contributed by atoms with E-state index < -0.39 is 11.8 Å². The lowest BCUT2D eigenvalue weighted by Gasteiger charge is -2.20. The Balaban J connectivity index is 3.19. The molecule has 24 heavy (non-hydrogen) atoms. The standard InChI is InChI=1S/C21H43NO2/c1-3-4-5-6-7-8-9-10-11-12-13-14-15-16-17-18-19-20(2)21(22,23)24/h18-20,23-24H,3-17,22H2,1-2H3. The van der Waals surface area contributed by atoms with Gasteiger partial charge in [-0.1, -0.05) is 109 Å². The number of hydrogen-bond acceptors (Lipinski definition) is 3. The average molecular weight is 342 g/mol. The minimum absolute atomic E-state index is 0.427. The summed E-state index contributed by atoms with van der Waals surface area (Å²) >= 11 is 0. The van der Waals surface area contributed by atoms with E-state index in [2.05, 4.69) is 6.92 Å². The Bertz CT molecular complexity index is 284. The summed E-state index contributed by atoms with van der Waals surface area (Å²) in [6, 6.07) is 0. The van der Waals surface area contributed by atoms with Crippen LogP contribution in [0.2, 0.25) is 0 Å². The van der Waals surface area contributed by atoms with Gasteiger partial charge in [0.05, 0.1) is 0 Å². The second kappa shape index (κ2) is 16.1. The first kappa shape index (κ1) is 23.6. The normalized spacial score (nSPS) is 13.7. The fraction of sp³-hybridized carbons (Fsp3) is 0.905. The molecule has 4 N–H and O–H groups in total. The van der Waals surface area contributed by atoms with E-state index in [1.165, 1.54) is 89.9 Å². The molecule has 0 heterocycles. The van der Waals surface area contributed by atoms with Gasteiger partial charge < -0.3 is 10.2 Å². The molecule has 0 spiro atoms. The van der Waals surface area contributed by atoms with Crippen molar-refractivity contribution in [2.24, 2.45) is 11.7 Å². The second-order valence-electron chi connectivity index (χ2n) is 7.38. The Morgan fingerprint density at radius 3 is 1.50 bits per heavy atom. The molecule has 0 radical (unpaired) electrons. The number of unbranched alkanes of at least 4 members (excludes halogenated alkanes) is 14. The number of nitrogens with two attached hydrogens (primary N) is 1. The summed E-state index contributed by atoms with van der Waals surface area (Å²) < 4.78 is 0. The Hall–Kier alpha value is -0.380. The van der Waals surface area contributed by atoms with Crippen LogP contribution in [-0.4, -0.2) is 16.1 Å². The third-order valence-electron chi connectivity index (χ3n) is 4.82. The largest absolute Gasteiger partial charge is 0.353 e. The highest BCUT2D eigenvalue weighted by molar-refractivity contribution is 4.90. The molecule has 0 saturated heterocycles. The van der Waals surface area contributed by atoms with Crippen LogP contribution in [0.4, 0.5) is 0 Å². The summed E-state index contributed by atoms with van der Waals surface area (Å²) in [7, 11) is 0. The number of aliphatic hydroxyl groups is 2. The fourth-order valence-electron chi connectivity index (χ4n) is 2.90. The van der Waals surface area contributed by atoms with Gasteiger partial charge in [0.15, 0.2) is 0 Å². The molecule has 0 rings (SSSR count). The summed E-state index contributed by atoms with van der Waals surface area (Å²) in [6.07, 6.45) is 24.0. The van der Waals surface area contributed by atoms with Crippen molar-refractivity contribution in [3.63, 3.8) is 0 Å². The Morgan fingerprint density at radius 1 is 0.750 bits per heavy atom. The molecule has 0 aliphatic rings. The van der Waals surface area contributed by atoms with E-state index in [9.17, 15) is 10.2 Å². The van der Waals surface area contributed by atoms with Crippen LogP contribution in [0.1, 0.15) is 110 Å². The van der Waals surface area contributed by atoms with Gasteiger partial charge in [0, 0.05) is 5.92 Å². The van der Waals surface area contributed by atoms with Gasteiger partial charge in [0.2, 0.25) is 5.91 Å². The second-order valence-corrected chi connectivity index (χ2v) is 7.38. The molecule has 0 aromatic rings. The molecule has 0 fully saturated rings. The van der Waals surface area contributed by atoms with E-state index in [4.69, 9.17) is 5.73 Å². The molecule has 1 unspecified atom stereocenters. The Labute approximate surface area is 150 Å². The first-order valence-corrected chi connectivity index (χ1v) is 10.4. The summed E-state index contributed by atoms with van der Waals surface area (Å²) in [6.45, 7) is 3.98. The smallest absolute Gasteiger partial charge is 0.226 e. The molecule has 0 aliphatic heterocycles. The lowest BCUT2D eigenvalue weighted by molar-refractivity contribution is -0.179. The average Bonchev–Trinajstić information content (AvgIpc) is 2.53. The number of rotatable bonds is 17. The highest BCUT2D eigenvalue weighted by Crippen LogP contribution is 2.14. The van der Waals surface area contributed by atoms with Gasteiger partial charge in [0.25, 0.3) is 0 Å². The summed E-state index contributed by atoms with van der Waals surface area (Å²) in [5.41, 5.74) is 5.21. The molecule has 0 aromatic carbocycles. The molecule has 3 heteroatoms. The van der Waals surface area contributed by atoms with Gasteiger partial charge in [-0.05, 0) is 12.8 Å². The molecule has 0 aromatic heterocycles. The lowest BCUT2D eigenvalue weighted by atomic mass is 10.0. The molecule has 1 atom stereocenters. The third kappa shape index (κ3) is 16.5. The predicted octanol–water partition coefficient (Wildman–Crippen LogP) is 5.65. The highest BCUT2D eigenvalue weighted by atomic mass is 16.5. The van der Waals surface area contributed by atoms with Crippen LogP contribution in [0.5, 0.6) is 0 Å². The van der Waals surface area contributed by atoms with Crippen molar-refractivity contribution in [2.75, 3.05) is 0 Å². The van der Waals surface area contributed by atoms with Crippen LogP contribution >= 0.6 is 0 Å². The summed E-state index contributed by atoms with van der Waals surface area (Å²) in [4.78, 5) is 0. The van der Waals surface area contributed by atoms with Crippen molar-refractivity contribution in [2.45, 2.75) is 116 Å². The SMILES string of the molecule is CCCCCCCCCCCCCCCCC=CC(C)C(N)(O)O. The van der Waals surface area contributed by atoms with Crippen molar-refractivity contribution in [3.8, 4) is 0 Å². The number of allylic oxidation sites excluding steroid dienone is 1. The minimum atomic E-state index is -2.09. The number of hydrogen-bond donors (Lipinski definition) is 3. The van der Waals surface area contributed by atoms with Crippen LogP contribution in [-0.2, 0) is 0 Å². The maximum absolute atomic E-state index is 9.19. The first-order chi connectivity index (χ1) is 11.5. The van der Waals surface area contributed by atoms with Gasteiger partial charge in [-0.2, -0.15) is 0 Å². The van der Waals surface area contributed by atoms with E-state index in [0.29, 0.717) is 0 Å². The van der Waals surface area contributed by atoms with Crippen molar-refractivity contribution >= 4 is 0 Å². The van der Waals surface area contributed by atoms with Crippen molar-refractivity contribution in [1.82, 2.24) is 0 Å². The third-order valence-corrected chi connectivity index (χ3v) is 4.82. The zero-order valence-corrected chi connectivity index (χ0v) is 16.3. The molecule has 0 bridgehead atoms. The van der Waals surface area contributed by atoms with Crippen LogP contribution < -0.4 is 5.73 Å². The van der Waals surface area contributed by atoms with Crippen molar-refractivity contribution in [1.29, 1.82) is 0 Å². The summed E-state index contributed by atoms with van der Waals surface area (Å²) in [5.74, 6) is -2.52. The molecule has 0 amide bonds. The predicted molar refractivity (Wildman–Crippen MR) is 105 cm³/mol. The van der Waals surface area contributed by atoms with Gasteiger partial charge in [0.1, 0.15) is 0 Å². The maximum atomic E-state index is 9.19. The monoisotopic (exact) mass is 341 g/mol. The maximum Gasteiger partial charge on any atom is 0.226 e. The molecule has 0 aliphatic carbocycles. The molecule has 144 valence electrons. The fourth-order valence-corrected chi connectivity index (χ4v) is 2.90. The van der Waals surface area contributed by atoms with E-state index in [1.807, 2.05) is 6.08 Å². The van der Waals surface area contributed by atoms with Gasteiger partial charge in [-0.25, -0.2) is 0 Å².